The molecule has 1 amide bonds. The van der Waals surface area contributed by atoms with Gasteiger partial charge in [-0.15, -0.1) is 0 Å². The maximum absolute atomic E-state index is 12.9. The summed E-state index contributed by atoms with van der Waals surface area (Å²) in [6, 6.07) is 13.9. The molecule has 1 aliphatic rings. The zero-order chi connectivity index (χ0) is 21.7. The van der Waals surface area contributed by atoms with E-state index in [1.807, 2.05) is 38.1 Å². The molecule has 1 saturated heterocycles. The van der Waals surface area contributed by atoms with Gasteiger partial charge in [-0.05, 0) is 68.7 Å². The van der Waals surface area contributed by atoms with Gasteiger partial charge in [0.25, 0.3) is 5.91 Å². The Morgan fingerprint density at radius 1 is 1.03 bits per heavy atom. The van der Waals surface area contributed by atoms with Crippen LogP contribution in [0.4, 0.5) is 5.69 Å². The van der Waals surface area contributed by atoms with Crippen LogP contribution in [0.5, 0.6) is 0 Å². The number of unbranched alkanes of at least 4 members (excludes halogenated alkanes) is 1. The fourth-order valence-corrected chi connectivity index (χ4v) is 5.18. The van der Waals surface area contributed by atoms with Crippen LogP contribution >= 0.6 is 0 Å². The topological polar surface area (TPSA) is 75.7 Å². The second-order valence-electron chi connectivity index (χ2n) is 7.86. The molecule has 2 aromatic carbocycles. The highest BCUT2D eigenvalue weighted by Gasteiger charge is 2.32. The molecule has 1 aliphatic heterocycles. The van der Waals surface area contributed by atoms with Gasteiger partial charge in [0.2, 0.25) is 10.0 Å². The van der Waals surface area contributed by atoms with Crippen molar-refractivity contribution in [2.75, 3.05) is 18.4 Å². The first-order chi connectivity index (χ1) is 14.3. The summed E-state index contributed by atoms with van der Waals surface area (Å²) in [5, 5.41) is 2.86. The number of ether oxygens (including phenoxy) is 1. The van der Waals surface area contributed by atoms with Gasteiger partial charge in [-0.1, -0.05) is 25.5 Å². The van der Waals surface area contributed by atoms with Crippen LogP contribution in [0.2, 0.25) is 0 Å². The van der Waals surface area contributed by atoms with Crippen molar-refractivity contribution in [1.29, 1.82) is 0 Å². The highest BCUT2D eigenvalue weighted by atomic mass is 32.2. The number of amides is 1. The van der Waals surface area contributed by atoms with Gasteiger partial charge in [0.05, 0.1) is 17.1 Å². The van der Waals surface area contributed by atoms with Crippen molar-refractivity contribution in [1.82, 2.24) is 4.31 Å². The average Bonchev–Trinajstić information content (AvgIpc) is 2.72. The third-order valence-electron chi connectivity index (χ3n) is 5.17. The minimum Gasteiger partial charge on any atom is -0.373 e. The Balaban J connectivity index is 1.66. The van der Waals surface area contributed by atoms with Gasteiger partial charge >= 0.3 is 0 Å². The van der Waals surface area contributed by atoms with Gasteiger partial charge in [-0.25, -0.2) is 8.42 Å². The van der Waals surface area contributed by atoms with Crippen molar-refractivity contribution in [3.8, 4) is 0 Å². The Labute approximate surface area is 179 Å². The second-order valence-corrected chi connectivity index (χ2v) is 9.80. The quantitative estimate of drug-likeness (QED) is 0.718. The van der Waals surface area contributed by atoms with Gasteiger partial charge in [-0.3, -0.25) is 4.79 Å². The summed E-state index contributed by atoms with van der Waals surface area (Å²) >= 11 is 0. The van der Waals surface area contributed by atoms with Crippen LogP contribution < -0.4 is 5.32 Å². The maximum Gasteiger partial charge on any atom is 0.255 e. The number of morpholine rings is 1. The summed E-state index contributed by atoms with van der Waals surface area (Å²) in [4.78, 5) is 12.7. The van der Waals surface area contributed by atoms with E-state index in [0.717, 1.165) is 19.3 Å². The average molecular weight is 431 g/mol. The van der Waals surface area contributed by atoms with Crippen LogP contribution in [-0.2, 0) is 21.2 Å². The molecule has 0 spiro atoms. The summed E-state index contributed by atoms with van der Waals surface area (Å²) in [5.74, 6) is -0.270. The van der Waals surface area contributed by atoms with Crippen molar-refractivity contribution < 1.29 is 17.9 Å². The van der Waals surface area contributed by atoms with Gasteiger partial charge in [0, 0.05) is 24.3 Å². The molecule has 2 unspecified atom stereocenters. The predicted molar refractivity (Wildman–Crippen MR) is 118 cm³/mol. The van der Waals surface area contributed by atoms with Gasteiger partial charge < -0.3 is 10.1 Å². The van der Waals surface area contributed by atoms with E-state index in [1.165, 1.54) is 22.0 Å². The summed E-state index contributed by atoms with van der Waals surface area (Å²) in [6.45, 7) is 6.53. The smallest absolute Gasteiger partial charge is 0.255 e. The molecule has 0 aliphatic carbocycles. The van der Waals surface area contributed by atoms with E-state index in [1.54, 1.807) is 12.1 Å². The SMILES string of the molecule is CCCCc1ccc(NC(=O)c2ccc(S(=O)(=O)N3CC(C)OC(C)C3)cc2)cc1. The molecule has 0 radical (unpaired) electrons. The van der Waals surface area contributed by atoms with Gasteiger partial charge in [0.15, 0.2) is 0 Å². The third kappa shape index (κ3) is 5.47. The van der Waals surface area contributed by atoms with E-state index in [4.69, 9.17) is 4.74 Å². The van der Waals surface area contributed by atoms with E-state index in [2.05, 4.69) is 12.2 Å². The standard InChI is InChI=1S/C23H30N2O4S/c1-4-5-6-19-7-11-21(12-8-19)24-23(26)20-9-13-22(14-10-20)30(27,28)25-15-17(2)29-18(3)16-25/h7-14,17-18H,4-6,15-16H2,1-3H3,(H,24,26). The molecule has 1 fully saturated rings. The number of carbonyl (C=O) groups excluding carboxylic acids is 1. The molecule has 2 aromatic rings. The zero-order valence-corrected chi connectivity index (χ0v) is 18.6. The largest absolute Gasteiger partial charge is 0.373 e. The first-order valence-electron chi connectivity index (χ1n) is 10.5. The van der Waals surface area contributed by atoms with E-state index in [-0.39, 0.29) is 23.0 Å². The number of benzene rings is 2. The zero-order valence-electron chi connectivity index (χ0n) is 17.8. The van der Waals surface area contributed by atoms with Crippen LogP contribution in [-0.4, -0.2) is 43.9 Å². The number of anilines is 1. The third-order valence-corrected chi connectivity index (χ3v) is 7.02. The fourth-order valence-electron chi connectivity index (χ4n) is 3.59. The summed E-state index contributed by atoms with van der Waals surface area (Å²) in [6.07, 6.45) is 3.02. The normalized spacial score (nSPS) is 20.1. The lowest BCUT2D eigenvalue weighted by molar-refractivity contribution is -0.0440. The lowest BCUT2D eigenvalue weighted by Crippen LogP contribution is -2.48. The first kappa shape index (κ1) is 22.5. The number of hydrogen-bond acceptors (Lipinski definition) is 4. The Kier molecular flexibility index (Phi) is 7.28. The lowest BCUT2D eigenvalue weighted by Gasteiger charge is -2.34. The summed E-state index contributed by atoms with van der Waals surface area (Å²) in [5.41, 5.74) is 2.37. The molecule has 0 aromatic heterocycles. The summed E-state index contributed by atoms with van der Waals surface area (Å²) in [7, 11) is -3.62. The molecular weight excluding hydrogens is 400 g/mol. The Morgan fingerprint density at radius 3 is 2.20 bits per heavy atom. The molecule has 30 heavy (non-hydrogen) atoms. The van der Waals surface area contributed by atoms with Crippen molar-refractivity contribution in [2.45, 2.75) is 57.1 Å². The van der Waals surface area contributed by atoms with Crippen molar-refractivity contribution in [3.05, 3.63) is 59.7 Å². The molecule has 3 rings (SSSR count). The number of nitrogens with zero attached hydrogens (tertiary/aromatic N) is 1. The number of aryl methyl sites for hydroxylation is 1. The number of hydrogen-bond donors (Lipinski definition) is 1. The molecule has 0 saturated carbocycles. The Bertz CT molecular complexity index is 946. The number of rotatable bonds is 7. The Morgan fingerprint density at radius 2 is 1.63 bits per heavy atom. The number of nitrogens with one attached hydrogen (secondary N) is 1. The summed E-state index contributed by atoms with van der Waals surface area (Å²) < 4.78 is 32.9. The number of sulfonamides is 1. The van der Waals surface area contributed by atoms with Crippen LogP contribution in [0.1, 0.15) is 49.5 Å². The van der Waals surface area contributed by atoms with Crippen molar-refractivity contribution >= 4 is 21.6 Å². The van der Waals surface area contributed by atoms with Crippen LogP contribution in [0.15, 0.2) is 53.4 Å². The van der Waals surface area contributed by atoms with E-state index in [0.29, 0.717) is 24.3 Å². The monoisotopic (exact) mass is 430 g/mol. The predicted octanol–water partition coefficient (Wildman–Crippen LogP) is 4.08. The first-order valence-corrected chi connectivity index (χ1v) is 11.9. The minimum atomic E-state index is -3.62. The van der Waals surface area contributed by atoms with Crippen LogP contribution in [0, 0.1) is 0 Å². The highest BCUT2D eigenvalue weighted by molar-refractivity contribution is 7.89. The van der Waals surface area contributed by atoms with Crippen molar-refractivity contribution in [2.24, 2.45) is 0 Å². The maximum atomic E-state index is 12.9. The molecule has 0 bridgehead atoms. The molecule has 1 N–H and O–H groups in total. The van der Waals surface area contributed by atoms with Gasteiger partial charge in [-0.2, -0.15) is 4.31 Å². The molecule has 2 atom stereocenters. The lowest BCUT2D eigenvalue weighted by atomic mass is 10.1. The van der Waals surface area contributed by atoms with E-state index < -0.39 is 10.0 Å². The minimum absolute atomic E-state index is 0.151. The molecule has 7 heteroatoms. The Hall–Kier alpha value is -2.22. The molecule has 1 heterocycles. The highest BCUT2D eigenvalue weighted by Crippen LogP contribution is 2.22. The molecule has 162 valence electrons. The molecule has 6 nitrogen and oxygen atoms in total. The second kappa shape index (κ2) is 9.73. The number of carbonyl (C=O) groups is 1. The van der Waals surface area contributed by atoms with E-state index >= 15 is 0 Å². The van der Waals surface area contributed by atoms with Crippen molar-refractivity contribution in [3.63, 3.8) is 0 Å². The molecular formula is C23H30N2O4S. The fraction of sp³-hybridized carbons (Fsp3) is 0.435. The van der Waals surface area contributed by atoms with Crippen LogP contribution in [0.3, 0.4) is 0 Å². The van der Waals surface area contributed by atoms with Crippen LogP contribution in [0.25, 0.3) is 0 Å². The van der Waals surface area contributed by atoms with E-state index in [9.17, 15) is 13.2 Å². The van der Waals surface area contributed by atoms with Gasteiger partial charge in [0.1, 0.15) is 0 Å².